The largest absolute Gasteiger partial charge is 0.323 e. The first-order valence-corrected chi connectivity index (χ1v) is 8.67. The molecule has 3 nitrogen and oxygen atoms in total. The lowest BCUT2D eigenvalue weighted by atomic mass is 10.2. The molecule has 6 heteroatoms. The Morgan fingerprint density at radius 2 is 2.09 bits per heavy atom. The molecule has 1 atom stereocenters. The predicted octanol–water partition coefficient (Wildman–Crippen LogP) is 4.90. The number of benzene rings is 1. The summed E-state index contributed by atoms with van der Waals surface area (Å²) in [7, 11) is 0. The number of halogens is 2. The molecule has 1 amide bonds. The fourth-order valence-electron chi connectivity index (χ4n) is 2.13. The summed E-state index contributed by atoms with van der Waals surface area (Å²) < 4.78 is 0. The van der Waals surface area contributed by atoms with Crippen LogP contribution in [0.3, 0.4) is 0 Å². The van der Waals surface area contributed by atoms with Crippen LogP contribution in [0.2, 0.25) is 10.0 Å². The molecule has 0 aliphatic heterocycles. The van der Waals surface area contributed by atoms with E-state index in [2.05, 4.69) is 16.3 Å². The van der Waals surface area contributed by atoms with E-state index in [0.29, 0.717) is 15.7 Å². The molecule has 0 radical (unpaired) electrons. The van der Waals surface area contributed by atoms with E-state index in [1.165, 1.54) is 4.88 Å². The minimum Gasteiger partial charge on any atom is -0.323 e. The molecule has 22 heavy (non-hydrogen) atoms. The van der Waals surface area contributed by atoms with Crippen molar-refractivity contribution in [3.8, 4) is 0 Å². The van der Waals surface area contributed by atoms with Gasteiger partial charge in [-0.15, -0.1) is 11.3 Å². The van der Waals surface area contributed by atoms with E-state index in [-0.39, 0.29) is 11.9 Å². The van der Waals surface area contributed by atoms with Crippen molar-refractivity contribution in [3.63, 3.8) is 0 Å². The van der Waals surface area contributed by atoms with Gasteiger partial charge in [0.25, 0.3) is 0 Å². The van der Waals surface area contributed by atoms with Gasteiger partial charge in [-0.3, -0.25) is 9.69 Å². The maximum Gasteiger partial charge on any atom is 0.241 e. The highest BCUT2D eigenvalue weighted by Crippen LogP contribution is 2.29. The molecule has 1 unspecified atom stereocenters. The minimum atomic E-state index is -0.262. The molecule has 118 valence electrons. The Balaban J connectivity index is 2.05. The molecular formula is C16H18Cl2N2OS. The van der Waals surface area contributed by atoms with E-state index in [1.54, 1.807) is 29.5 Å². The molecule has 2 rings (SSSR count). The molecule has 0 spiro atoms. The number of thiophene rings is 1. The van der Waals surface area contributed by atoms with Gasteiger partial charge in [-0.25, -0.2) is 0 Å². The monoisotopic (exact) mass is 356 g/mol. The fourth-order valence-corrected chi connectivity index (χ4v) is 3.21. The topological polar surface area (TPSA) is 32.3 Å². The van der Waals surface area contributed by atoms with Crippen LogP contribution in [0.4, 0.5) is 5.69 Å². The van der Waals surface area contributed by atoms with Crippen LogP contribution >= 0.6 is 34.5 Å². The molecule has 1 aromatic carbocycles. The van der Waals surface area contributed by atoms with Crippen LogP contribution in [-0.2, 0) is 11.3 Å². The number of hydrogen-bond acceptors (Lipinski definition) is 3. The van der Waals surface area contributed by atoms with Crippen molar-refractivity contribution in [2.24, 2.45) is 0 Å². The Labute approximate surface area is 144 Å². The van der Waals surface area contributed by atoms with Gasteiger partial charge in [0.05, 0.1) is 21.8 Å². The van der Waals surface area contributed by atoms with Gasteiger partial charge in [-0.2, -0.15) is 0 Å². The van der Waals surface area contributed by atoms with Crippen molar-refractivity contribution < 1.29 is 4.79 Å². The normalized spacial score (nSPS) is 12.4. The van der Waals surface area contributed by atoms with Crippen LogP contribution in [0, 0.1) is 0 Å². The molecule has 0 saturated carbocycles. The smallest absolute Gasteiger partial charge is 0.241 e. The number of nitrogens with zero attached hydrogens (tertiary/aromatic N) is 1. The van der Waals surface area contributed by atoms with Crippen molar-refractivity contribution in [2.45, 2.75) is 26.4 Å². The third kappa shape index (κ3) is 4.23. The highest BCUT2D eigenvalue weighted by atomic mass is 35.5. The zero-order valence-corrected chi connectivity index (χ0v) is 14.8. The Morgan fingerprint density at radius 1 is 1.32 bits per heavy atom. The number of rotatable bonds is 6. The lowest BCUT2D eigenvalue weighted by molar-refractivity contribution is -0.120. The SMILES string of the molecule is CCN(Cc1cccs1)C(C)C(=O)Nc1cccc(Cl)c1Cl. The maximum atomic E-state index is 12.5. The molecule has 1 aromatic heterocycles. The van der Waals surface area contributed by atoms with Crippen molar-refractivity contribution in [2.75, 3.05) is 11.9 Å². The Bertz CT molecular complexity index is 631. The molecule has 0 fully saturated rings. The van der Waals surface area contributed by atoms with Crippen molar-refractivity contribution in [1.29, 1.82) is 0 Å². The number of amides is 1. The van der Waals surface area contributed by atoms with E-state index in [9.17, 15) is 4.79 Å². The lowest BCUT2D eigenvalue weighted by Gasteiger charge is -2.26. The van der Waals surface area contributed by atoms with Crippen LogP contribution in [0.25, 0.3) is 0 Å². The molecule has 0 saturated heterocycles. The van der Waals surface area contributed by atoms with Gasteiger partial charge in [0, 0.05) is 11.4 Å². The highest BCUT2D eigenvalue weighted by Gasteiger charge is 2.21. The van der Waals surface area contributed by atoms with Crippen LogP contribution < -0.4 is 5.32 Å². The third-order valence-electron chi connectivity index (χ3n) is 3.48. The first-order chi connectivity index (χ1) is 10.5. The molecular weight excluding hydrogens is 339 g/mol. The zero-order valence-electron chi connectivity index (χ0n) is 12.5. The summed E-state index contributed by atoms with van der Waals surface area (Å²) in [6.07, 6.45) is 0. The van der Waals surface area contributed by atoms with Gasteiger partial charge in [-0.1, -0.05) is 42.3 Å². The van der Waals surface area contributed by atoms with E-state index in [4.69, 9.17) is 23.2 Å². The first kappa shape index (κ1) is 17.3. The van der Waals surface area contributed by atoms with Crippen LogP contribution in [0.1, 0.15) is 18.7 Å². The first-order valence-electron chi connectivity index (χ1n) is 7.04. The second-order valence-corrected chi connectivity index (χ2v) is 6.73. The third-order valence-corrected chi connectivity index (χ3v) is 5.16. The standard InChI is InChI=1S/C16H18Cl2N2OS/c1-3-20(10-12-6-5-9-22-12)11(2)16(21)19-14-8-4-7-13(17)15(14)18/h4-9,11H,3,10H2,1-2H3,(H,19,21). The van der Waals surface area contributed by atoms with Gasteiger partial charge in [0.2, 0.25) is 5.91 Å². The number of nitrogens with one attached hydrogen (secondary N) is 1. The number of likely N-dealkylation sites (N-methyl/N-ethyl adjacent to an activating group) is 1. The minimum absolute atomic E-state index is 0.0948. The van der Waals surface area contributed by atoms with Crippen LogP contribution in [-0.4, -0.2) is 23.4 Å². The summed E-state index contributed by atoms with van der Waals surface area (Å²) in [6, 6.07) is 9.03. The fraction of sp³-hybridized carbons (Fsp3) is 0.312. The summed E-state index contributed by atoms with van der Waals surface area (Å²) in [6.45, 7) is 5.48. The van der Waals surface area contributed by atoms with Crippen LogP contribution in [0.5, 0.6) is 0 Å². The quantitative estimate of drug-likeness (QED) is 0.797. The summed E-state index contributed by atoms with van der Waals surface area (Å²) in [5, 5.41) is 5.69. The molecule has 0 aliphatic carbocycles. The summed E-state index contributed by atoms with van der Waals surface area (Å²) in [4.78, 5) is 15.8. The molecule has 0 bridgehead atoms. The van der Waals surface area contributed by atoms with E-state index < -0.39 is 0 Å². The Hall–Kier alpha value is -1.07. The predicted molar refractivity (Wildman–Crippen MR) is 95.0 cm³/mol. The molecule has 1 heterocycles. The van der Waals surface area contributed by atoms with E-state index in [1.807, 2.05) is 25.3 Å². The maximum absolute atomic E-state index is 12.5. The lowest BCUT2D eigenvalue weighted by Crippen LogP contribution is -2.41. The Kier molecular flexibility index (Phi) is 6.26. The summed E-state index contributed by atoms with van der Waals surface area (Å²) in [5.41, 5.74) is 0.540. The van der Waals surface area contributed by atoms with Crippen molar-refractivity contribution >= 4 is 46.1 Å². The number of carbonyl (C=O) groups is 1. The van der Waals surface area contributed by atoms with Gasteiger partial charge >= 0.3 is 0 Å². The van der Waals surface area contributed by atoms with Gasteiger partial charge < -0.3 is 5.32 Å². The van der Waals surface area contributed by atoms with Gasteiger partial charge in [-0.05, 0) is 37.0 Å². The average molecular weight is 357 g/mol. The molecule has 2 aromatic rings. The molecule has 0 aliphatic rings. The second kappa shape index (κ2) is 7.97. The van der Waals surface area contributed by atoms with Gasteiger partial charge in [0.15, 0.2) is 0 Å². The second-order valence-electron chi connectivity index (χ2n) is 4.91. The average Bonchev–Trinajstić information content (AvgIpc) is 3.01. The molecule has 1 N–H and O–H groups in total. The Morgan fingerprint density at radius 3 is 2.73 bits per heavy atom. The highest BCUT2D eigenvalue weighted by molar-refractivity contribution is 7.09. The van der Waals surface area contributed by atoms with E-state index >= 15 is 0 Å². The summed E-state index contributed by atoms with van der Waals surface area (Å²) >= 11 is 13.8. The number of hydrogen-bond donors (Lipinski definition) is 1. The zero-order chi connectivity index (χ0) is 16.1. The van der Waals surface area contributed by atoms with Gasteiger partial charge in [0.1, 0.15) is 0 Å². The van der Waals surface area contributed by atoms with Crippen LogP contribution in [0.15, 0.2) is 35.7 Å². The van der Waals surface area contributed by atoms with Crippen molar-refractivity contribution in [3.05, 3.63) is 50.6 Å². The summed E-state index contributed by atoms with van der Waals surface area (Å²) in [5.74, 6) is -0.0948. The number of anilines is 1. The van der Waals surface area contributed by atoms with Crippen molar-refractivity contribution in [1.82, 2.24) is 4.90 Å². The number of carbonyl (C=O) groups excluding carboxylic acids is 1. The van der Waals surface area contributed by atoms with E-state index in [0.717, 1.165) is 13.1 Å².